The molecule has 0 spiro atoms. The van der Waals surface area contributed by atoms with Gasteiger partial charge in [-0.15, -0.1) is 0 Å². The predicted molar refractivity (Wildman–Crippen MR) is 62.4 cm³/mol. The molecule has 5 nitrogen and oxygen atoms in total. The van der Waals surface area contributed by atoms with Crippen LogP contribution in [0.25, 0.3) is 0 Å². The zero-order chi connectivity index (χ0) is 13.2. The van der Waals surface area contributed by atoms with Gasteiger partial charge in [0.2, 0.25) is 10.0 Å². The van der Waals surface area contributed by atoms with E-state index >= 15 is 0 Å². The lowest BCUT2D eigenvalue weighted by molar-refractivity contribution is 0.198. The number of hydrogen-bond acceptors (Lipinski definition) is 4. The third kappa shape index (κ3) is 3.39. The molecule has 7 heteroatoms. The van der Waals surface area contributed by atoms with Gasteiger partial charge in [0.05, 0.1) is 6.10 Å². The van der Waals surface area contributed by atoms with E-state index in [1.807, 2.05) is 0 Å². The highest BCUT2D eigenvalue weighted by atomic mass is 32.2. The van der Waals surface area contributed by atoms with Gasteiger partial charge in [0.25, 0.3) is 0 Å². The van der Waals surface area contributed by atoms with Crippen LogP contribution in [-0.2, 0) is 10.0 Å². The summed E-state index contributed by atoms with van der Waals surface area (Å²) in [7, 11) is -4.00. The average Bonchev–Trinajstić information content (AvgIpc) is 2.20. The molecule has 0 fully saturated rings. The van der Waals surface area contributed by atoms with Crippen molar-refractivity contribution < 1.29 is 17.9 Å². The van der Waals surface area contributed by atoms with Gasteiger partial charge in [0.1, 0.15) is 10.7 Å². The Kier molecular flexibility index (Phi) is 4.07. The third-order valence-corrected chi connectivity index (χ3v) is 3.52. The molecular formula is C10H15FN2O3S. The van der Waals surface area contributed by atoms with Gasteiger partial charge in [0, 0.05) is 12.2 Å². The molecule has 0 aliphatic carbocycles. The first-order chi connectivity index (χ1) is 7.74. The van der Waals surface area contributed by atoms with Crippen molar-refractivity contribution in [1.82, 2.24) is 4.72 Å². The fourth-order valence-corrected chi connectivity index (χ4v) is 2.57. The van der Waals surface area contributed by atoms with Gasteiger partial charge >= 0.3 is 0 Å². The van der Waals surface area contributed by atoms with Crippen molar-refractivity contribution in [2.75, 3.05) is 12.3 Å². The molecule has 0 saturated heterocycles. The number of aliphatic hydroxyl groups excluding tert-OH is 1. The fraction of sp³-hybridized carbons (Fsp3) is 0.400. The van der Waals surface area contributed by atoms with Crippen LogP contribution in [0.2, 0.25) is 0 Å². The lowest BCUT2D eigenvalue weighted by Crippen LogP contribution is -2.31. The quantitative estimate of drug-likeness (QED) is 0.684. The summed E-state index contributed by atoms with van der Waals surface area (Å²) >= 11 is 0. The van der Waals surface area contributed by atoms with Crippen molar-refractivity contribution in [3.63, 3.8) is 0 Å². The van der Waals surface area contributed by atoms with Crippen molar-refractivity contribution in [2.45, 2.75) is 24.8 Å². The molecule has 0 heterocycles. The van der Waals surface area contributed by atoms with E-state index < -0.39 is 26.8 Å². The van der Waals surface area contributed by atoms with E-state index in [1.165, 1.54) is 19.9 Å². The van der Waals surface area contributed by atoms with Crippen LogP contribution >= 0.6 is 0 Å². The van der Waals surface area contributed by atoms with Crippen molar-refractivity contribution in [3.8, 4) is 0 Å². The van der Waals surface area contributed by atoms with E-state index in [-0.39, 0.29) is 17.8 Å². The second-order valence-electron chi connectivity index (χ2n) is 3.85. The number of aliphatic hydroxyl groups is 1. The van der Waals surface area contributed by atoms with Crippen LogP contribution in [0.15, 0.2) is 17.0 Å². The Morgan fingerprint density at radius 3 is 2.65 bits per heavy atom. The zero-order valence-corrected chi connectivity index (χ0v) is 10.4. The number of rotatable bonds is 4. The van der Waals surface area contributed by atoms with Crippen LogP contribution in [0.4, 0.5) is 10.1 Å². The molecule has 0 aliphatic rings. The van der Waals surface area contributed by atoms with Crippen LogP contribution in [0.5, 0.6) is 0 Å². The van der Waals surface area contributed by atoms with Crippen LogP contribution in [0.1, 0.15) is 12.5 Å². The number of halogens is 1. The summed E-state index contributed by atoms with van der Waals surface area (Å²) in [6.45, 7) is 2.67. The second-order valence-corrected chi connectivity index (χ2v) is 5.59. The first-order valence-electron chi connectivity index (χ1n) is 4.97. The highest BCUT2D eigenvalue weighted by molar-refractivity contribution is 7.89. The van der Waals surface area contributed by atoms with E-state index in [2.05, 4.69) is 4.72 Å². The molecule has 1 rings (SSSR count). The largest absolute Gasteiger partial charge is 0.399 e. The topological polar surface area (TPSA) is 92.4 Å². The number of benzene rings is 1. The van der Waals surface area contributed by atoms with Crippen LogP contribution < -0.4 is 10.5 Å². The number of nitrogens with one attached hydrogen (secondary N) is 1. The van der Waals surface area contributed by atoms with Gasteiger partial charge < -0.3 is 10.8 Å². The minimum absolute atomic E-state index is 0.155. The highest BCUT2D eigenvalue weighted by Gasteiger charge is 2.21. The van der Waals surface area contributed by atoms with E-state index in [0.717, 1.165) is 6.07 Å². The van der Waals surface area contributed by atoms with Gasteiger partial charge in [-0.1, -0.05) is 0 Å². The molecule has 0 bridgehead atoms. The van der Waals surface area contributed by atoms with Crippen LogP contribution in [0, 0.1) is 12.7 Å². The first-order valence-corrected chi connectivity index (χ1v) is 6.45. The third-order valence-electron chi connectivity index (χ3n) is 2.10. The number of nitrogens with two attached hydrogens (primary N) is 1. The molecule has 1 atom stereocenters. The van der Waals surface area contributed by atoms with Gasteiger partial charge in [-0.3, -0.25) is 0 Å². The minimum atomic E-state index is -4.00. The summed E-state index contributed by atoms with van der Waals surface area (Å²) in [6.07, 6.45) is -0.852. The number of sulfonamides is 1. The van der Waals surface area contributed by atoms with Gasteiger partial charge in [-0.2, -0.15) is 0 Å². The standard InChI is InChI=1S/C10H15FN2O3S/c1-6-3-8(12)4-9(10(6)11)17(15,16)13-5-7(2)14/h3-4,7,13-14H,5,12H2,1-2H3. The highest BCUT2D eigenvalue weighted by Crippen LogP contribution is 2.21. The van der Waals surface area contributed by atoms with Crippen molar-refractivity contribution in [1.29, 1.82) is 0 Å². The summed E-state index contributed by atoms with van der Waals surface area (Å²) in [6, 6.07) is 2.40. The molecule has 1 aromatic carbocycles. The summed E-state index contributed by atoms with van der Waals surface area (Å²) in [5, 5.41) is 9.00. The maximum atomic E-state index is 13.7. The fourth-order valence-electron chi connectivity index (χ4n) is 1.27. The number of anilines is 1. The van der Waals surface area contributed by atoms with E-state index in [0.29, 0.717) is 0 Å². The first kappa shape index (κ1) is 13.9. The summed E-state index contributed by atoms with van der Waals surface area (Å²) in [5.41, 5.74) is 5.80. The normalized spacial score (nSPS) is 13.6. The van der Waals surface area contributed by atoms with Gasteiger partial charge in [-0.25, -0.2) is 17.5 Å². The number of nitrogen functional groups attached to an aromatic ring is 1. The van der Waals surface area contributed by atoms with E-state index in [9.17, 15) is 12.8 Å². The van der Waals surface area contributed by atoms with Crippen molar-refractivity contribution in [2.24, 2.45) is 0 Å². The molecular weight excluding hydrogens is 247 g/mol. The van der Waals surface area contributed by atoms with E-state index in [1.54, 1.807) is 0 Å². The Morgan fingerprint density at radius 2 is 2.12 bits per heavy atom. The van der Waals surface area contributed by atoms with Crippen LogP contribution in [-0.4, -0.2) is 26.2 Å². The molecule has 0 aromatic heterocycles. The molecule has 1 aromatic rings. The number of aryl methyl sites for hydroxylation is 1. The maximum Gasteiger partial charge on any atom is 0.243 e. The summed E-state index contributed by atoms with van der Waals surface area (Å²) < 4.78 is 39.2. The Balaban J connectivity index is 3.15. The smallest absolute Gasteiger partial charge is 0.243 e. The molecule has 17 heavy (non-hydrogen) atoms. The monoisotopic (exact) mass is 262 g/mol. The van der Waals surface area contributed by atoms with Gasteiger partial charge in [0.15, 0.2) is 0 Å². The Bertz CT molecular complexity index is 515. The molecule has 0 saturated carbocycles. The molecule has 96 valence electrons. The molecule has 1 unspecified atom stereocenters. The lowest BCUT2D eigenvalue weighted by atomic mass is 10.2. The predicted octanol–water partition coefficient (Wildman–Crippen LogP) is 0.375. The van der Waals surface area contributed by atoms with Crippen molar-refractivity contribution >= 4 is 15.7 Å². The Labute approximate surface area is 99.5 Å². The number of hydrogen-bond donors (Lipinski definition) is 3. The molecule has 0 aliphatic heterocycles. The lowest BCUT2D eigenvalue weighted by Gasteiger charge is -2.11. The van der Waals surface area contributed by atoms with Gasteiger partial charge in [-0.05, 0) is 31.5 Å². The maximum absolute atomic E-state index is 13.7. The van der Waals surface area contributed by atoms with Crippen LogP contribution in [0.3, 0.4) is 0 Å². The average molecular weight is 262 g/mol. The SMILES string of the molecule is Cc1cc(N)cc(S(=O)(=O)NCC(C)O)c1F. The molecule has 4 N–H and O–H groups in total. The molecule has 0 amide bonds. The second kappa shape index (κ2) is 4.99. The molecule has 0 radical (unpaired) electrons. The zero-order valence-electron chi connectivity index (χ0n) is 9.57. The van der Waals surface area contributed by atoms with E-state index in [4.69, 9.17) is 10.8 Å². The Morgan fingerprint density at radius 1 is 1.53 bits per heavy atom. The van der Waals surface area contributed by atoms with Crippen molar-refractivity contribution in [3.05, 3.63) is 23.5 Å². The Hall–Kier alpha value is -1.18. The summed E-state index contributed by atoms with van der Waals surface area (Å²) in [5.74, 6) is -0.836. The minimum Gasteiger partial charge on any atom is -0.399 e. The summed E-state index contributed by atoms with van der Waals surface area (Å²) in [4.78, 5) is -0.504.